The number of hydrogen-bond acceptors (Lipinski definition) is 3. The Balaban J connectivity index is 2.69. The molecular weight excluding hydrogens is 170 g/mol. The molecule has 1 rings (SSSR count). The number of carbonyl (C=O) groups is 1. The van der Waals surface area contributed by atoms with Gasteiger partial charge in [-0.15, -0.1) is 0 Å². The van der Waals surface area contributed by atoms with Crippen LogP contribution in [0.1, 0.15) is 0 Å². The minimum atomic E-state index is -0.690. The van der Waals surface area contributed by atoms with Crippen LogP contribution in [0.15, 0.2) is 29.4 Å². The molecule has 0 saturated carbocycles. The quantitative estimate of drug-likeness (QED) is 0.683. The minimum Gasteiger partial charge on any atom is -0.497 e. The molecule has 0 radical (unpaired) electrons. The third-order valence-corrected chi connectivity index (χ3v) is 1.44. The monoisotopic (exact) mass is 179 g/mol. The summed E-state index contributed by atoms with van der Waals surface area (Å²) in [5, 5.41) is 5.09. The highest BCUT2D eigenvalue weighted by molar-refractivity contribution is 5.89. The summed E-state index contributed by atoms with van der Waals surface area (Å²) < 4.78 is 4.93. The van der Waals surface area contributed by atoms with Gasteiger partial charge in [0.15, 0.2) is 0 Å². The standard InChI is InChI=1S/C8H9N3O2/c1-13-7-4-2-6(3-5-7)10-8(12)11-9/h2-5,9H,1H3,(H,10,12). The summed E-state index contributed by atoms with van der Waals surface area (Å²) in [6, 6.07) is 6.06. The maximum absolute atomic E-state index is 10.6. The topological polar surface area (TPSA) is 74.5 Å². The van der Waals surface area contributed by atoms with Crippen LogP contribution in [-0.4, -0.2) is 13.1 Å². The van der Waals surface area contributed by atoms with Gasteiger partial charge in [-0.05, 0) is 24.3 Å². The molecule has 0 heterocycles. The van der Waals surface area contributed by atoms with E-state index in [2.05, 4.69) is 10.4 Å². The van der Waals surface area contributed by atoms with Crippen LogP contribution in [0.3, 0.4) is 0 Å². The highest BCUT2D eigenvalue weighted by Crippen LogP contribution is 2.14. The molecule has 1 aromatic carbocycles. The number of nitrogens with one attached hydrogen (secondary N) is 2. The second kappa shape index (κ2) is 4.20. The maximum Gasteiger partial charge on any atom is 0.363 e. The Hall–Kier alpha value is -1.91. The van der Waals surface area contributed by atoms with Gasteiger partial charge in [0.1, 0.15) is 5.75 Å². The van der Waals surface area contributed by atoms with Gasteiger partial charge < -0.3 is 10.1 Å². The molecule has 0 spiro atoms. The number of benzene rings is 1. The summed E-state index contributed by atoms with van der Waals surface area (Å²) in [5.74, 6) is 0.709. The SMILES string of the molecule is COc1ccc(NC(=O)N=N)cc1. The fraction of sp³-hybridized carbons (Fsp3) is 0.125. The molecule has 0 aliphatic heterocycles. The van der Waals surface area contributed by atoms with Crippen LogP contribution in [0.2, 0.25) is 0 Å². The second-order valence-corrected chi connectivity index (χ2v) is 2.27. The third-order valence-electron chi connectivity index (χ3n) is 1.44. The predicted molar refractivity (Wildman–Crippen MR) is 47.2 cm³/mol. The van der Waals surface area contributed by atoms with Gasteiger partial charge in [-0.25, -0.2) is 4.79 Å². The predicted octanol–water partition coefficient (Wildman–Crippen LogP) is 2.26. The fourth-order valence-corrected chi connectivity index (χ4v) is 0.826. The molecular formula is C8H9N3O2. The summed E-state index contributed by atoms with van der Waals surface area (Å²) in [7, 11) is 1.56. The lowest BCUT2D eigenvalue weighted by molar-refractivity contribution is 0.258. The van der Waals surface area contributed by atoms with Crippen LogP contribution in [-0.2, 0) is 0 Å². The van der Waals surface area contributed by atoms with Gasteiger partial charge in [0.05, 0.1) is 7.11 Å². The highest BCUT2D eigenvalue weighted by atomic mass is 16.5. The number of ether oxygens (including phenoxy) is 1. The lowest BCUT2D eigenvalue weighted by Crippen LogP contribution is -2.04. The summed E-state index contributed by atoms with van der Waals surface area (Å²) in [6.45, 7) is 0. The van der Waals surface area contributed by atoms with Gasteiger partial charge in [-0.1, -0.05) is 5.11 Å². The number of urea groups is 1. The Morgan fingerprint density at radius 3 is 2.54 bits per heavy atom. The molecule has 0 aliphatic carbocycles. The van der Waals surface area contributed by atoms with Crippen LogP contribution >= 0.6 is 0 Å². The van der Waals surface area contributed by atoms with Crippen molar-refractivity contribution in [3.05, 3.63) is 24.3 Å². The van der Waals surface area contributed by atoms with E-state index < -0.39 is 6.03 Å². The maximum atomic E-state index is 10.6. The molecule has 5 heteroatoms. The van der Waals surface area contributed by atoms with Crippen LogP contribution in [0, 0.1) is 5.53 Å². The Morgan fingerprint density at radius 1 is 1.46 bits per heavy atom. The number of hydrogen-bond donors (Lipinski definition) is 2. The van der Waals surface area contributed by atoms with Crippen LogP contribution in [0.5, 0.6) is 5.75 Å². The zero-order chi connectivity index (χ0) is 9.68. The summed E-state index contributed by atoms with van der Waals surface area (Å²) in [4.78, 5) is 10.6. The number of amides is 2. The molecule has 5 nitrogen and oxygen atoms in total. The molecule has 0 saturated heterocycles. The molecule has 0 bridgehead atoms. The highest BCUT2D eigenvalue weighted by Gasteiger charge is 1.98. The number of nitrogens with zero attached hydrogens (tertiary/aromatic N) is 1. The van der Waals surface area contributed by atoms with Crippen molar-refractivity contribution in [1.29, 1.82) is 5.53 Å². The number of carbonyl (C=O) groups excluding carboxylic acids is 1. The zero-order valence-electron chi connectivity index (χ0n) is 7.07. The first kappa shape index (κ1) is 9.18. The van der Waals surface area contributed by atoms with E-state index in [1.54, 1.807) is 31.4 Å². The molecule has 68 valence electrons. The largest absolute Gasteiger partial charge is 0.497 e. The fourth-order valence-electron chi connectivity index (χ4n) is 0.826. The summed E-state index contributed by atoms with van der Waals surface area (Å²) >= 11 is 0. The van der Waals surface area contributed by atoms with Crippen molar-refractivity contribution in [3.63, 3.8) is 0 Å². The Bertz CT molecular complexity index is 308. The van der Waals surface area contributed by atoms with E-state index in [0.717, 1.165) is 0 Å². The van der Waals surface area contributed by atoms with Crippen molar-refractivity contribution in [2.45, 2.75) is 0 Å². The van der Waals surface area contributed by atoms with E-state index in [-0.39, 0.29) is 0 Å². The summed E-state index contributed by atoms with van der Waals surface area (Å²) in [5.41, 5.74) is 7.01. The van der Waals surface area contributed by atoms with E-state index in [1.165, 1.54) is 0 Å². The van der Waals surface area contributed by atoms with Crippen LogP contribution in [0.4, 0.5) is 10.5 Å². The van der Waals surface area contributed by atoms with E-state index in [1.807, 2.05) is 0 Å². The van der Waals surface area contributed by atoms with Crippen LogP contribution in [0.25, 0.3) is 0 Å². The van der Waals surface area contributed by atoms with Gasteiger partial charge in [0.25, 0.3) is 0 Å². The van der Waals surface area contributed by atoms with E-state index >= 15 is 0 Å². The zero-order valence-corrected chi connectivity index (χ0v) is 7.07. The Kier molecular flexibility index (Phi) is 2.97. The Labute approximate surface area is 75.2 Å². The number of methoxy groups -OCH3 is 1. The van der Waals surface area contributed by atoms with E-state index in [9.17, 15) is 4.79 Å². The number of anilines is 1. The van der Waals surface area contributed by atoms with E-state index in [4.69, 9.17) is 10.3 Å². The van der Waals surface area contributed by atoms with Crippen molar-refractivity contribution in [2.24, 2.45) is 5.11 Å². The van der Waals surface area contributed by atoms with Crippen molar-refractivity contribution in [2.75, 3.05) is 12.4 Å². The number of rotatable bonds is 2. The molecule has 0 atom stereocenters. The molecule has 0 aliphatic rings. The average molecular weight is 179 g/mol. The Morgan fingerprint density at radius 2 is 2.08 bits per heavy atom. The van der Waals surface area contributed by atoms with Gasteiger partial charge in [-0.3, -0.25) is 0 Å². The van der Waals surface area contributed by atoms with Crippen molar-refractivity contribution >= 4 is 11.7 Å². The lowest BCUT2D eigenvalue weighted by Gasteiger charge is -2.02. The third kappa shape index (κ3) is 2.55. The smallest absolute Gasteiger partial charge is 0.363 e. The molecule has 0 unspecified atom stereocenters. The molecule has 2 N–H and O–H groups in total. The normalized spacial score (nSPS) is 9.00. The van der Waals surface area contributed by atoms with Crippen molar-refractivity contribution in [1.82, 2.24) is 0 Å². The molecule has 0 aromatic heterocycles. The summed E-state index contributed by atoms with van der Waals surface area (Å²) in [6.07, 6.45) is 0. The van der Waals surface area contributed by atoms with E-state index in [0.29, 0.717) is 11.4 Å². The van der Waals surface area contributed by atoms with Crippen LogP contribution < -0.4 is 10.1 Å². The minimum absolute atomic E-state index is 0.585. The van der Waals surface area contributed by atoms with Gasteiger partial charge in [0.2, 0.25) is 0 Å². The second-order valence-electron chi connectivity index (χ2n) is 2.27. The van der Waals surface area contributed by atoms with Gasteiger partial charge >= 0.3 is 6.03 Å². The van der Waals surface area contributed by atoms with Crippen molar-refractivity contribution in [3.8, 4) is 5.75 Å². The van der Waals surface area contributed by atoms with Gasteiger partial charge in [-0.2, -0.15) is 5.53 Å². The average Bonchev–Trinajstić information content (AvgIpc) is 2.19. The molecule has 1 aromatic rings. The lowest BCUT2D eigenvalue weighted by atomic mass is 10.3. The van der Waals surface area contributed by atoms with Gasteiger partial charge in [0, 0.05) is 5.69 Å². The molecule has 13 heavy (non-hydrogen) atoms. The first-order valence-electron chi connectivity index (χ1n) is 3.59. The molecule has 0 fully saturated rings. The first-order valence-corrected chi connectivity index (χ1v) is 3.59. The van der Waals surface area contributed by atoms with Crippen molar-refractivity contribution < 1.29 is 9.53 Å². The molecule has 2 amide bonds. The first-order chi connectivity index (χ1) is 6.26.